The smallest absolute Gasteiger partial charge is 0.130 e. The Bertz CT molecular complexity index is 341. The van der Waals surface area contributed by atoms with Gasteiger partial charge in [0.2, 0.25) is 0 Å². The van der Waals surface area contributed by atoms with Crippen molar-refractivity contribution in [1.82, 2.24) is 0 Å². The largest absolute Gasteiger partial charge is 0.507 e. The number of benzene rings is 1. The Morgan fingerprint density at radius 1 is 1.54 bits per heavy atom. The molecule has 1 heterocycles. The maximum Gasteiger partial charge on any atom is 0.130 e. The first-order valence-electron chi connectivity index (χ1n) is 4.09. The SMILES string of the molecule is N[C@@H]1CCOc2cc(Br)c(O)cc21. The minimum absolute atomic E-state index is 0.0252. The second-order valence-electron chi connectivity index (χ2n) is 3.09. The number of nitrogens with two attached hydrogens (primary N) is 1. The molecule has 0 amide bonds. The van der Waals surface area contributed by atoms with Gasteiger partial charge < -0.3 is 15.6 Å². The van der Waals surface area contributed by atoms with Crippen LogP contribution in [0, 0.1) is 0 Å². The van der Waals surface area contributed by atoms with Gasteiger partial charge in [0.15, 0.2) is 0 Å². The lowest BCUT2D eigenvalue weighted by molar-refractivity contribution is 0.268. The number of phenols is 1. The molecule has 0 bridgehead atoms. The number of hydrogen-bond donors (Lipinski definition) is 2. The van der Waals surface area contributed by atoms with Crippen molar-refractivity contribution in [3.8, 4) is 11.5 Å². The van der Waals surface area contributed by atoms with Crippen LogP contribution in [0.15, 0.2) is 16.6 Å². The summed E-state index contributed by atoms with van der Waals surface area (Å²) in [7, 11) is 0. The average molecular weight is 244 g/mol. The summed E-state index contributed by atoms with van der Waals surface area (Å²) in [6.45, 7) is 0.644. The molecular weight excluding hydrogens is 234 g/mol. The summed E-state index contributed by atoms with van der Waals surface area (Å²) in [6, 6.07) is 3.38. The summed E-state index contributed by atoms with van der Waals surface area (Å²) in [5.41, 5.74) is 6.74. The summed E-state index contributed by atoms with van der Waals surface area (Å²) < 4.78 is 6.05. The molecule has 0 aromatic heterocycles. The first kappa shape index (κ1) is 8.84. The van der Waals surface area contributed by atoms with Crippen LogP contribution in [-0.2, 0) is 0 Å². The average Bonchev–Trinajstić information content (AvgIpc) is 2.09. The predicted octanol–water partition coefficient (Wildman–Crippen LogP) is 1.94. The highest BCUT2D eigenvalue weighted by Gasteiger charge is 2.19. The lowest BCUT2D eigenvalue weighted by Crippen LogP contribution is -2.20. The summed E-state index contributed by atoms with van der Waals surface area (Å²) in [5, 5.41) is 9.44. The minimum Gasteiger partial charge on any atom is -0.507 e. The summed E-state index contributed by atoms with van der Waals surface area (Å²) in [4.78, 5) is 0. The fourth-order valence-electron chi connectivity index (χ4n) is 1.43. The molecule has 0 saturated heterocycles. The first-order chi connectivity index (χ1) is 6.18. The molecule has 1 aliphatic heterocycles. The summed E-state index contributed by atoms with van der Waals surface area (Å²) in [6.07, 6.45) is 0.800. The molecule has 0 radical (unpaired) electrons. The van der Waals surface area contributed by atoms with Gasteiger partial charge in [-0.15, -0.1) is 0 Å². The van der Waals surface area contributed by atoms with Gasteiger partial charge in [0.05, 0.1) is 11.1 Å². The molecular formula is C9H10BrNO2. The quantitative estimate of drug-likeness (QED) is 0.733. The van der Waals surface area contributed by atoms with Crippen LogP contribution in [0.2, 0.25) is 0 Å². The molecule has 1 aromatic rings. The van der Waals surface area contributed by atoms with E-state index in [2.05, 4.69) is 15.9 Å². The molecule has 3 N–H and O–H groups in total. The van der Waals surface area contributed by atoms with Crippen molar-refractivity contribution in [3.63, 3.8) is 0 Å². The van der Waals surface area contributed by atoms with Crippen LogP contribution in [0.4, 0.5) is 0 Å². The van der Waals surface area contributed by atoms with Gasteiger partial charge >= 0.3 is 0 Å². The molecule has 1 aromatic carbocycles. The van der Waals surface area contributed by atoms with Crippen LogP contribution < -0.4 is 10.5 Å². The Kier molecular flexibility index (Phi) is 2.17. The monoisotopic (exact) mass is 243 g/mol. The molecule has 4 heteroatoms. The van der Waals surface area contributed by atoms with E-state index in [0.717, 1.165) is 17.7 Å². The number of fused-ring (bicyclic) bond motifs is 1. The number of halogens is 1. The van der Waals surface area contributed by atoms with Crippen molar-refractivity contribution in [3.05, 3.63) is 22.2 Å². The molecule has 0 spiro atoms. The molecule has 1 aliphatic rings. The predicted molar refractivity (Wildman–Crippen MR) is 52.8 cm³/mol. The normalized spacial score (nSPS) is 20.6. The lowest BCUT2D eigenvalue weighted by Gasteiger charge is -2.23. The third kappa shape index (κ3) is 1.51. The zero-order valence-electron chi connectivity index (χ0n) is 6.96. The number of hydrogen-bond acceptors (Lipinski definition) is 3. The standard InChI is InChI=1S/C9H10BrNO2/c10-6-4-9-5(3-8(6)12)7(11)1-2-13-9/h3-4,7,12H,1-2,11H2/t7-/m1/s1. The summed E-state index contributed by atoms with van der Waals surface area (Å²) >= 11 is 3.22. The Labute approximate surface area is 84.6 Å². The number of ether oxygens (including phenoxy) is 1. The van der Waals surface area contributed by atoms with Crippen molar-refractivity contribution in [1.29, 1.82) is 0 Å². The van der Waals surface area contributed by atoms with E-state index in [9.17, 15) is 5.11 Å². The molecule has 3 nitrogen and oxygen atoms in total. The van der Waals surface area contributed by atoms with Gasteiger partial charge in [-0.2, -0.15) is 0 Å². The highest BCUT2D eigenvalue weighted by atomic mass is 79.9. The van der Waals surface area contributed by atoms with Gasteiger partial charge in [-0.1, -0.05) is 0 Å². The highest BCUT2D eigenvalue weighted by molar-refractivity contribution is 9.10. The molecule has 0 fully saturated rings. The van der Waals surface area contributed by atoms with Crippen molar-refractivity contribution in [2.45, 2.75) is 12.5 Å². The van der Waals surface area contributed by atoms with E-state index in [1.165, 1.54) is 0 Å². The molecule has 0 aliphatic carbocycles. The number of phenolic OH excluding ortho intramolecular Hbond substituents is 1. The van der Waals surface area contributed by atoms with Crippen LogP contribution in [-0.4, -0.2) is 11.7 Å². The highest BCUT2D eigenvalue weighted by Crippen LogP contribution is 2.37. The second-order valence-corrected chi connectivity index (χ2v) is 3.94. The van der Waals surface area contributed by atoms with E-state index in [4.69, 9.17) is 10.5 Å². The van der Waals surface area contributed by atoms with Gasteiger partial charge in [0.25, 0.3) is 0 Å². The van der Waals surface area contributed by atoms with Gasteiger partial charge in [-0.3, -0.25) is 0 Å². The van der Waals surface area contributed by atoms with E-state index >= 15 is 0 Å². The zero-order chi connectivity index (χ0) is 9.42. The van der Waals surface area contributed by atoms with Crippen molar-refractivity contribution < 1.29 is 9.84 Å². The molecule has 0 unspecified atom stereocenters. The van der Waals surface area contributed by atoms with Gasteiger partial charge in [-0.05, 0) is 28.1 Å². The van der Waals surface area contributed by atoms with E-state index < -0.39 is 0 Å². The van der Waals surface area contributed by atoms with Crippen molar-refractivity contribution in [2.75, 3.05) is 6.61 Å². The third-order valence-electron chi connectivity index (χ3n) is 2.17. The Hall–Kier alpha value is -0.740. The fourth-order valence-corrected chi connectivity index (χ4v) is 1.75. The molecule has 13 heavy (non-hydrogen) atoms. The van der Waals surface area contributed by atoms with E-state index in [0.29, 0.717) is 11.1 Å². The van der Waals surface area contributed by atoms with Crippen LogP contribution in [0.3, 0.4) is 0 Å². The zero-order valence-corrected chi connectivity index (χ0v) is 8.54. The topological polar surface area (TPSA) is 55.5 Å². The number of aromatic hydroxyl groups is 1. The van der Waals surface area contributed by atoms with Crippen molar-refractivity contribution >= 4 is 15.9 Å². The van der Waals surface area contributed by atoms with Gasteiger partial charge in [-0.25, -0.2) is 0 Å². The third-order valence-corrected chi connectivity index (χ3v) is 2.80. The minimum atomic E-state index is -0.0252. The van der Waals surface area contributed by atoms with E-state index in [1.54, 1.807) is 12.1 Å². The summed E-state index contributed by atoms with van der Waals surface area (Å²) in [5.74, 6) is 0.975. The Balaban J connectivity index is 2.52. The second kappa shape index (κ2) is 3.20. The van der Waals surface area contributed by atoms with Gasteiger partial charge in [0, 0.05) is 18.0 Å². The fraction of sp³-hybridized carbons (Fsp3) is 0.333. The van der Waals surface area contributed by atoms with E-state index in [-0.39, 0.29) is 11.8 Å². The van der Waals surface area contributed by atoms with E-state index in [1.807, 2.05) is 0 Å². The van der Waals surface area contributed by atoms with Crippen LogP contribution in [0.5, 0.6) is 11.5 Å². The maximum absolute atomic E-state index is 9.44. The van der Waals surface area contributed by atoms with Gasteiger partial charge in [0.1, 0.15) is 11.5 Å². The molecule has 2 rings (SSSR count). The Morgan fingerprint density at radius 3 is 3.08 bits per heavy atom. The van der Waals surface area contributed by atoms with Crippen LogP contribution in [0.1, 0.15) is 18.0 Å². The lowest BCUT2D eigenvalue weighted by atomic mass is 10.0. The Morgan fingerprint density at radius 2 is 2.31 bits per heavy atom. The maximum atomic E-state index is 9.44. The van der Waals surface area contributed by atoms with Crippen LogP contribution in [0.25, 0.3) is 0 Å². The molecule has 70 valence electrons. The van der Waals surface area contributed by atoms with Crippen LogP contribution >= 0.6 is 15.9 Å². The molecule has 0 saturated carbocycles. The number of rotatable bonds is 0. The molecule has 1 atom stereocenters. The van der Waals surface area contributed by atoms with Crippen molar-refractivity contribution in [2.24, 2.45) is 5.73 Å². The first-order valence-corrected chi connectivity index (χ1v) is 4.88.